The van der Waals surface area contributed by atoms with Gasteiger partial charge in [-0.15, -0.1) is 20.1 Å². The summed E-state index contributed by atoms with van der Waals surface area (Å²) in [6.07, 6.45) is -2.10. The van der Waals surface area contributed by atoms with Gasteiger partial charge in [-0.2, -0.15) is 0 Å². The van der Waals surface area contributed by atoms with Crippen LogP contribution in [-0.2, 0) is 22.6 Å². The average molecular weight is 461 g/mol. The molecular weight excluding hydrogens is 444 g/mol. The first-order valence-corrected chi connectivity index (χ1v) is 10.2. The Morgan fingerprint density at radius 3 is 2.72 bits per heavy atom. The van der Waals surface area contributed by atoms with Crippen LogP contribution in [0.3, 0.4) is 0 Å². The highest BCUT2D eigenvalue weighted by molar-refractivity contribution is 7.10. The Balaban J connectivity index is 1.35. The molecule has 32 heavy (non-hydrogen) atoms. The molecule has 3 N–H and O–H groups in total. The fourth-order valence-corrected chi connectivity index (χ4v) is 3.67. The third-order valence-corrected chi connectivity index (χ3v) is 5.07. The number of carbonyl (C=O) groups excluding carboxylic acids is 2. The molecule has 4 rings (SSSR count). The van der Waals surface area contributed by atoms with Gasteiger partial charge in [0.05, 0.1) is 16.8 Å². The van der Waals surface area contributed by atoms with Crippen molar-refractivity contribution in [3.05, 3.63) is 52.5 Å². The van der Waals surface area contributed by atoms with Crippen molar-refractivity contribution in [2.24, 2.45) is 0 Å². The minimum atomic E-state index is -3.72. The molecule has 0 unspecified atom stereocenters. The Bertz CT molecular complexity index is 1170. The molecule has 0 saturated carbocycles. The first kappa shape index (κ1) is 21.4. The van der Waals surface area contributed by atoms with Gasteiger partial charge in [0.1, 0.15) is 11.6 Å². The summed E-state index contributed by atoms with van der Waals surface area (Å²) in [5.74, 6) is 0.180. The topological polar surface area (TPSA) is 114 Å². The standard InChI is InChI=1S/C20H17F2N5O4S/c1-11(28)26-17-6-12(4-5-23-17)9-24-19-16(32-10-25-19)8-18(29)27-13-2-3-14-15(7-13)31-20(21,22)30-14/h2-7,10,24H,8-9H2,1H3,(H,27,29)(H,23,26,28). The molecule has 1 aliphatic rings. The van der Waals surface area contributed by atoms with Crippen molar-refractivity contribution in [1.29, 1.82) is 0 Å². The van der Waals surface area contributed by atoms with Crippen LogP contribution in [0.25, 0.3) is 0 Å². The number of hydrogen-bond donors (Lipinski definition) is 3. The van der Waals surface area contributed by atoms with Crippen molar-refractivity contribution in [3.8, 4) is 11.5 Å². The van der Waals surface area contributed by atoms with Gasteiger partial charge in [0.2, 0.25) is 11.8 Å². The lowest BCUT2D eigenvalue weighted by atomic mass is 10.2. The van der Waals surface area contributed by atoms with Crippen molar-refractivity contribution in [2.75, 3.05) is 16.0 Å². The number of carbonyl (C=O) groups is 2. The normalized spacial score (nSPS) is 13.5. The third kappa shape index (κ3) is 5.27. The van der Waals surface area contributed by atoms with Gasteiger partial charge in [-0.1, -0.05) is 0 Å². The second kappa shape index (κ2) is 8.75. The summed E-state index contributed by atoms with van der Waals surface area (Å²) < 4.78 is 35.0. The molecule has 0 saturated heterocycles. The molecule has 3 heterocycles. The molecule has 0 spiro atoms. The second-order valence-electron chi connectivity index (χ2n) is 6.76. The number of alkyl halides is 2. The van der Waals surface area contributed by atoms with E-state index in [1.54, 1.807) is 23.8 Å². The lowest BCUT2D eigenvalue weighted by molar-refractivity contribution is -0.286. The highest BCUT2D eigenvalue weighted by Gasteiger charge is 2.43. The van der Waals surface area contributed by atoms with Crippen LogP contribution in [0, 0.1) is 0 Å². The quantitative estimate of drug-likeness (QED) is 0.492. The SMILES string of the molecule is CC(=O)Nc1cc(CNc2ncsc2CC(=O)Nc2ccc3c(c2)OC(F)(F)O3)ccn1. The zero-order valence-electron chi connectivity index (χ0n) is 16.6. The maximum Gasteiger partial charge on any atom is 0.586 e. The molecule has 1 aliphatic heterocycles. The van der Waals surface area contributed by atoms with Crippen LogP contribution in [0.15, 0.2) is 42.0 Å². The first-order chi connectivity index (χ1) is 15.3. The molecule has 2 amide bonds. The molecule has 9 nitrogen and oxygen atoms in total. The maximum absolute atomic E-state index is 13.1. The van der Waals surface area contributed by atoms with Crippen molar-refractivity contribution >= 4 is 40.5 Å². The van der Waals surface area contributed by atoms with Crippen LogP contribution in [-0.4, -0.2) is 28.1 Å². The summed E-state index contributed by atoms with van der Waals surface area (Å²) in [6.45, 7) is 1.81. The largest absolute Gasteiger partial charge is 0.586 e. The summed E-state index contributed by atoms with van der Waals surface area (Å²) in [4.78, 5) is 32.6. The van der Waals surface area contributed by atoms with E-state index in [0.29, 0.717) is 28.7 Å². The molecule has 3 aromatic rings. The number of fused-ring (bicyclic) bond motifs is 1. The van der Waals surface area contributed by atoms with Gasteiger partial charge < -0.3 is 25.4 Å². The number of amides is 2. The molecular formula is C20H17F2N5O4S. The van der Waals surface area contributed by atoms with Gasteiger partial charge in [0, 0.05) is 31.4 Å². The summed E-state index contributed by atoms with van der Waals surface area (Å²) >= 11 is 1.31. The molecule has 0 atom stereocenters. The van der Waals surface area contributed by atoms with Gasteiger partial charge in [0.15, 0.2) is 11.5 Å². The predicted molar refractivity (Wildman–Crippen MR) is 113 cm³/mol. The molecule has 0 aliphatic carbocycles. The van der Waals surface area contributed by atoms with E-state index in [2.05, 4.69) is 35.4 Å². The van der Waals surface area contributed by atoms with Gasteiger partial charge in [-0.25, -0.2) is 9.97 Å². The Morgan fingerprint density at radius 2 is 1.91 bits per heavy atom. The Morgan fingerprint density at radius 1 is 1.09 bits per heavy atom. The van der Waals surface area contributed by atoms with E-state index < -0.39 is 6.29 Å². The number of ether oxygens (including phenoxy) is 2. The zero-order chi connectivity index (χ0) is 22.7. The molecule has 0 fully saturated rings. The molecule has 12 heteroatoms. The molecule has 0 radical (unpaired) electrons. The van der Waals surface area contributed by atoms with Crippen LogP contribution in [0.4, 0.5) is 26.1 Å². The maximum atomic E-state index is 13.1. The zero-order valence-corrected chi connectivity index (χ0v) is 17.5. The van der Waals surface area contributed by atoms with Crippen LogP contribution in [0.5, 0.6) is 11.5 Å². The number of rotatable bonds is 7. The number of nitrogens with zero attached hydrogens (tertiary/aromatic N) is 2. The van der Waals surface area contributed by atoms with Gasteiger partial charge in [-0.05, 0) is 29.8 Å². The number of thiazole rings is 1. The molecule has 166 valence electrons. The lowest BCUT2D eigenvalue weighted by Crippen LogP contribution is -2.25. The van der Waals surface area contributed by atoms with Crippen molar-refractivity contribution in [2.45, 2.75) is 26.2 Å². The molecule has 0 bridgehead atoms. The first-order valence-electron chi connectivity index (χ1n) is 9.36. The number of anilines is 3. The van der Waals surface area contributed by atoms with Crippen molar-refractivity contribution < 1.29 is 27.8 Å². The number of nitrogens with one attached hydrogen (secondary N) is 3. The van der Waals surface area contributed by atoms with Crippen molar-refractivity contribution in [1.82, 2.24) is 9.97 Å². The monoisotopic (exact) mass is 461 g/mol. The summed E-state index contributed by atoms with van der Waals surface area (Å²) in [5.41, 5.74) is 2.78. The van der Waals surface area contributed by atoms with Crippen LogP contribution in [0.2, 0.25) is 0 Å². The Kier molecular flexibility index (Phi) is 5.86. The summed E-state index contributed by atoms with van der Waals surface area (Å²) in [6, 6.07) is 7.55. The van der Waals surface area contributed by atoms with Gasteiger partial charge >= 0.3 is 6.29 Å². The fraction of sp³-hybridized carbons (Fsp3) is 0.200. The highest BCUT2D eigenvalue weighted by atomic mass is 32.1. The number of pyridine rings is 1. The second-order valence-corrected chi connectivity index (χ2v) is 7.70. The molecule has 2 aromatic heterocycles. The number of halogens is 2. The minimum absolute atomic E-state index is 0.0328. The van der Waals surface area contributed by atoms with Crippen LogP contribution >= 0.6 is 11.3 Å². The Hall–Kier alpha value is -3.80. The minimum Gasteiger partial charge on any atom is -0.395 e. The third-order valence-electron chi connectivity index (χ3n) is 4.24. The predicted octanol–water partition coefficient (Wildman–Crippen LogP) is 3.61. The summed E-state index contributed by atoms with van der Waals surface area (Å²) in [5, 5.41) is 8.42. The van der Waals surface area contributed by atoms with E-state index in [1.807, 2.05) is 0 Å². The average Bonchev–Trinajstić information content (AvgIpc) is 3.27. The van der Waals surface area contributed by atoms with E-state index >= 15 is 0 Å². The van der Waals surface area contributed by atoms with Crippen LogP contribution in [0.1, 0.15) is 17.4 Å². The van der Waals surface area contributed by atoms with E-state index in [-0.39, 0.29) is 29.7 Å². The van der Waals surface area contributed by atoms with E-state index in [4.69, 9.17) is 0 Å². The smallest absolute Gasteiger partial charge is 0.395 e. The van der Waals surface area contributed by atoms with Gasteiger partial charge in [0.25, 0.3) is 0 Å². The van der Waals surface area contributed by atoms with E-state index in [1.165, 1.54) is 36.5 Å². The van der Waals surface area contributed by atoms with Crippen LogP contribution < -0.4 is 25.4 Å². The lowest BCUT2D eigenvalue weighted by Gasteiger charge is -2.09. The Labute approximate surface area is 184 Å². The number of aromatic nitrogens is 2. The van der Waals surface area contributed by atoms with Gasteiger partial charge in [-0.3, -0.25) is 9.59 Å². The summed E-state index contributed by atoms with van der Waals surface area (Å²) in [7, 11) is 0. The molecule has 1 aromatic carbocycles. The fourth-order valence-electron chi connectivity index (χ4n) is 2.94. The van der Waals surface area contributed by atoms with E-state index in [0.717, 1.165) is 5.56 Å². The highest BCUT2D eigenvalue weighted by Crippen LogP contribution is 2.42. The number of benzene rings is 1. The van der Waals surface area contributed by atoms with E-state index in [9.17, 15) is 18.4 Å². The van der Waals surface area contributed by atoms with Crippen molar-refractivity contribution in [3.63, 3.8) is 0 Å². The number of hydrogen-bond acceptors (Lipinski definition) is 8.